The van der Waals surface area contributed by atoms with Crippen LogP contribution in [0.1, 0.15) is 10.4 Å². The van der Waals surface area contributed by atoms with Crippen molar-refractivity contribution in [3.8, 4) is 0 Å². The van der Waals surface area contributed by atoms with Gasteiger partial charge in [-0.15, -0.1) is 0 Å². The molecule has 0 bridgehead atoms. The van der Waals surface area contributed by atoms with E-state index in [0.29, 0.717) is 16.6 Å². The first-order valence-electron chi connectivity index (χ1n) is 5.57. The molecule has 6 heteroatoms. The Morgan fingerprint density at radius 2 is 2.00 bits per heavy atom. The molecule has 0 atom stereocenters. The zero-order valence-corrected chi connectivity index (χ0v) is 9.22. The molecule has 1 aromatic carbocycles. The van der Waals surface area contributed by atoms with Crippen LogP contribution < -0.4 is 5.32 Å². The van der Waals surface area contributed by atoms with E-state index in [9.17, 15) is 4.79 Å². The van der Waals surface area contributed by atoms with Crippen molar-refractivity contribution in [2.24, 2.45) is 0 Å². The van der Waals surface area contributed by atoms with Crippen LogP contribution in [-0.4, -0.2) is 47.3 Å². The van der Waals surface area contributed by atoms with Gasteiger partial charge in [0, 0.05) is 31.7 Å². The summed E-state index contributed by atoms with van der Waals surface area (Å²) in [6.07, 6.45) is 0. The van der Waals surface area contributed by atoms with Crippen molar-refractivity contribution in [2.75, 3.05) is 26.2 Å². The normalized spacial score (nSPS) is 16.4. The number of nitrogens with one attached hydrogen (secondary N) is 1. The maximum absolute atomic E-state index is 12.2. The van der Waals surface area contributed by atoms with Crippen molar-refractivity contribution in [3.05, 3.63) is 23.8 Å². The summed E-state index contributed by atoms with van der Waals surface area (Å²) >= 11 is 0. The lowest BCUT2D eigenvalue weighted by molar-refractivity contribution is 0.0736. The molecular formula is C11H12N4O2. The van der Waals surface area contributed by atoms with Crippen molar-refractivity contribution in [1.29, 1.82) is 0 Å². The van der Waals surface area contributed by atoms with Gasteiger partial charge in [-0.25, -0.2) is 4.63 Å². The Labute approximate surface area is 97.5 Å². The predicted molar refractivity (Wildman–Crippen MR) is 60.6 cm³/mol. The molecule has 6 nitrogen and oxygen atoms in total. The van der Waals surface area contributed by atoms with Crippen molar-refractivity contribution in [1.82, 2.24) is 20.5 Å². The van der Waals surface area contributed by atoms with Crippen LogP contribution in [0.15, 0.2) is 22.8 Å². The van der Waals surface area contributed by atoms with Gasteiger partial charge in [-0.1, -0.05) is 0 Å². The minimum absolute atomic E-state index is 0.0383. The average molecular weight is 232 g/mol. The van der Waals surface area contributed by atoms with E-state index in [1.165, 1.54) is 0 Å². The first kappa shape index (κ1) is 10.2. The Balaban J connectivity index is 1.88. The maximum atomic E-state index is 12.2. The molecule has 0 unspecified atom stereocenters. The summed E-state index contributed by atoms with van der Waals surface area (Å²) in [7, 11) is 0. The molecule has 0 spiro atoms. The van der Waals surface area contributed by atoms with Gasteiger partial charge in [0.15, 0.2) is 0 Å². The molecule has 1 amide bonds. The van der Waals surface area contributed by atoms with E-state index in [0.717, 1.165) is 26.2 Å². The van der Waals surface area contributed by atoms with Gasteiger partial charge >= 0.3 is 0 Å². The van der Waals surface area contributed by atoms with Gasteiger partial charge in [-0.05, 0) is 28.5 Å². The fourth-order valence-corrected chi connectivity index (χ4v) is 1.97. The minimum Gasteiger partial charge on any atom is -0.336 e. The van der Waals surface area contributed by atoms with E-state index in [1.54, 1.807) is 18.2 Å². The molecule has 0 aliphatic carbocycles. The number of benzene rings is 1. The fraction of sp³-hybridized carbons (Fsp3) is 0.364. The van der Waals surface area contributed by atoms with Crippen LogP contribution in [0.25, 0.3) is 11.0 Å². The van der Waals surface area contributed by atoms with Crippen LogP contribution in [-0.2, 0) is 0 Å². The first-order chi connectivity index (χ1) is 8.34. The van der Waals surface area contributed by atoms with Crippen LogP contribution in [0.3, 0.4) is 0 Å². The van der Waals surface area contributed by atoms with E-state index >= 15 is 0 Å². The van der Waals surface area contributed by atoms with Gasteiger partial charge in [0.05, 0.1) is 0 Å². The molecule has 1 aliphatic rings. The fourth-order valence-electron chi connectivity index (χ4n) is 1.97. The predicted octanol–water partition coefficient (Wildman–Crippen LogP) is 0.268. The quantitative estimate of drug-likeness (QED) is 0.764. The highest BCUT2D eigenvalue weighted by atomic mass is 16.6. The maximum Gasteiger partial charge on any atom is 0.254 e. The molecule has 2 aromatic rings. The monoisotopic (exact) mass is 232 g/mol. The van der Waals surface area contributed by atoms with E-state index in [4.69, 9.17) is 0 Å². The molecule has 1 N–H and O–H groups in total. The third-order valence-corrected chi connectivity index (χ3v) is 2.90. The summed E-state index contributed by atoms with van der Waals surface area (Å²) in [4.78, 5) is 14.0. The topological polar surface area (TPSA) is 71.3 Å². The molecule has 1 aliphatic heterocycles. The second-order valence-electron chi connectivity index (χ2n) is 4.01. The number of amides is 1. The Morgan fingerprint density at radius 1 is 1.24 bits per heavy atom. The number of hydrogen-bond acceptors (Lipinski definition) is 5. The van der Waals surface area contributed by atoms with E-state index in [2.05, 4.69) is 20.3 Å². The van der Waals surface area contributed by atoms with Crippen LogP contribution >= 0.6 is 0 Å². The van der Waals surface area contributed by atoms with Gasteiger partial charge in [0.25, 0.3) is 5.91 Å². The second-order valence-corrected chi connectivity index (χ2v) is 4.01. The molecule has 3 rings (SSSR count). The van der Waals surface area contributed by atoms with Crippen LogP contribution in [0.2, 0.25) is 0 Å². The van der Waals surface area contributed by atoms with Crippen molar-refractivity contribution in [2.45, 2.75) is 0 Å². The van der Waals surface area contributed by atoms with Gasteiger partial charge in [-0.3, -0.25) is 4.79 Å². The Bertz CT molecular complexity index is 545. The molecule has 1 aromatic heterocycles. The third-order valence-electron chi connectivity index (χ3n) is 2.90. The molecular weight excluding hydrogens is 220 g/mol. The van der Waals surface area contributed by atoms with Crippen LogP contribution in [0.5, 0.6) is 0 Å². The minimum atomic E-state index is 0.0383. The Morgan fingerprint density at radius 3 is 2.82 bits per heavy atom. The van der Waals surface area contributed by atoms with Crippen molar-refractivity contribution in [3.63, 3.8) is 0 Å². The number of rotatable bonds is 1. The zero-order valence-electron chi connectivity index (χ0n) is 9.22. The second kappa shape index (κ2) is 4.14. The molecule has 1 fully saturated rings. The standard InChI is InChI=1S/C11H12N4O2/c16-11(15-5-3-12-4-6-15)8-1-2-9-10(7-8)14-17-13-9/h1-2,7,12H,3-6H2. The van der Waals surface area contributed by atoms with Gasteiger partial charge in [0.1, 0.15) is 11.0 Å². The van der Waals surface area contributed by atoms with Gasteiger partial charge in [-0.2, -0.15) is 0 Å². The van der Waals surface area contributed by atoms with Crippen LogP contribution in [0, 0.1) is 0 Å². The number of fused-ring (bicyclic) bond motifs is 1. The highest BCUT2D eigenvalue weighted by molar-refractivity contribution is 5.97. The largest absolute Gasteiger partial charge is 0.336 e. The smallest absolute Gasteiger partial charge is 0.254 e. The molecule has 17 heavy (non-hydrogen) atoms. The summed E-state index contributed by atoms with van der Waals surface area (Å²) in [6, 6.07) is 5.23. The summed E-state index contributed by atoms with van der Waals surface area (Å²) in [5, 5.41) is 10.7. The number of carbonyl (C=O) groups excluding carboxylic acids is 1. The SMILES string of the molecule is O=C(c1ccc2nonc2c1)N1CCNCC1. The molecule has 0 radical (unpaired) electrons. The average Bonchev–Trinajstić information content (AvgIpc) is 2.86. The summed E-state index contributed by atoms with van der Waals surface area (Å²) in [5.41, 5.74) is 1.92. The van der Waals surface area contributed by atoms with Crippen LogP contribution in [0.4, 0.5) is 0 Å². The zero-order chi connectivity index (χ0) is 11.7. The Kier molecular flexibility index (Phi) is 2.49. The van der Waals surface area contributed by atoms with Gasteiger partial charge in [0.2, 0.25) is 0 Å². The van der Waals surface area contributed by atoms with E-state index in [1.807, 2.05) is 4.90 Å². The lowest BCUT2D eigenvalue weighted by Gasteiger charge is -2.27. The number of aromatic nitrogens is 2. The highest BCUT2D eigenvalue weighted by Crippen LogP contribution is 2.13. The summed E-state index contributed by atoms with van der Waals surface area (Å²) in [5.74, 6) is 0.0383. The first-order valence-corrected chi connectivity index (χ1v) is 5.57. The van der Waals surface area contributed by atoms with Gasteiger partial charge < -0.3 is 10.2 Å². The summed E-state index contributed by atoms with van der Waals surface area (Å²) < 4.78 is 4.61. The van der Waals surface area contributed by atoms with Crippen molar-refractivity contribution < 1.29 is 9.42 Å². The molecule has 2 heterocycles. The highest BCUT2D eigenvalue weighted by Gasteiger charge is 2.18. The van der Waals surface area contributed by atoms with E-state index in [-0.39, 0.29) is 5.91 Å². The lowest BCUT2D eigenvalue weighted by atomic mass is 10.1. The molecule has 88 valence electrons. The van der Waals surface area contributed by atoms with Crippen molar-refractivity contribution >= 4 is 16.9 Å². The lowest BCUT2D eigenvalue weighted by Crippen LogP contribution is -2.46. The molecule has 1 saturated heterocycles. The number of nitrogens with zero attached hydrogens (tertiary/aromatic N) is 3. The summed E-state index contributed by atoms with van der Waals surface area (Å²) in [6.45, 7) is 3.18. The number of piperazine rings is 1. The molecule has 0 saturated carbocycles. The third kappa shape index (κ3) is 1.87. The number of hydrogen-bond donors (Lipinski definition) is 1. The number of carbonyl (C=O) groups is 1. The van der Waals surface area contributed by atoms with E-state index < -0.39 is 0 Å². The Hall–Kier alpha value is -1.95.